The number of aryl methyl sites for hydroxylation is 1. The highest BCUT2D eigenvalue weighted by molar-refractivity contribution is 5.90. The van der Waals surface area contributed by atoms with E-state index in [0.717, 1.165) is 48.9 Å². The summed E-state index contributed by atoms with van der Waals surface area (Å²) in [5.41, 5.74) is 2.44. The first kappa shape index (κ1) is 25.2. The summed E-state index contributed by atoms with van der Waals surface area (Å²) in [4.78, 5) is 29.6. The van der Waals surface area contributed by atoms with Gasteiger partial charge in [0.15, 0.2) is 0 Å². The minimum atomic E-state index is -0.834. The van der Waals surface area contributed by atoms with Gasteiger partial charge >= 0.3 is 12.0 Å². The number of carboxylic acids is 1. The number of aliphatic carboxylic acids is 1. The van der Waals surface area contributed by atoms with Gasteiger partial charge in [0.05, 0.1) is 12.3 Å². The highest BCUT2D eigenvalue weighted by atomic mass is 16.5. The van der Waals surface area contributed by atoms with Gasteiger partial charge in [-0.25, -0.2) is 9.78 Å². The highest BCUT2D eigenvalue weighted by Crippen LogP contribution is 2.29. The lowest BCUT2D eigenvalue weighted by Crippen LogP contribution is -2.38. The van der Waals surface area contributed by atoms with Crippen molar-refractivity contribution in [1.29, 1.82) is 0 Å². The molecule has 0 aliphatic heterocycles. The van der Waals surface area contributed by atoms with Crippen molar-refractivity contribution in [1.82, 2.24) is 10.3 Å². The van der Waals surface area contributed by atoms with Crippen molar-refractivity contribution in [2.75, 3.05) is 25.1 Å². The predicted molar refractivity (Wildman–Crippen MR) is 127 cm³/mol. The molecular formula is C25H35N3O4. The lowest BCUT2D eigenvalue weighted by Gasteiger charge is -2.18. The van der Waals surface area contributed by atoms with Gasteiger partial charge in [-0.05, 0) is 43.0 Å². The number of amides is 2. The molecule has 0 saturated heterocycles. The summed E-state index contributed by atoms with van der Waals surface area (Å²) in [6.07, 6.45) is 5.55. The van der Waals surface area contributed by atoms with Crippen molar-refractivity contribution in [3.63, 3.8) is 0 Å². The molecule has 1 aromatic carbocycles. The number of pyridine rings is 1. The summed E-state index contributed by atoms with van der Waals surface area (Å²) in [5, 5.41) is 12.0. The Kier molecular flexibility index (Phi) is 10.5. The highest BCUT2D eigenvalue weighted by Gasteiger charge is 2.14. The van der Waals surface area contributed by atoms with Gasteiger partial charge in [-0.1, -0.05) is 51.3 Å². The Morgan fingerprint density at radius 3 is 2.59 bits per heavy atom. The SMILES string of the molecule is CCCCCNC(=O)N(C)c1cccc(-c2ccc(CCC(=O)O)c(OCCCC)c2)n1. The Bertz CT molecular complexity index is 885. The van der Waals surface area contributed by atoms with Crippen LogP contribution in [-0.2, 0) is 11.2 Å². The van der Waals surface area contributed by atoms with Crippen LogP contribution < -0.4 is 15.0 Å². The molecule has 32 heavy (non-hydrogen) atoms. The van der Waals surface area contributed by atoms with Gasteiger partial charge < -0.3 is 15.2 Å². The van der Waals surface area contributed by atoms with Gasteiger partial charge in [-0.2, -0.15) is 0 Å². The molecule has 0 radical (unpaired) electrons. The Balaban J connectivity index is 2.20. The molecule has 0 fully saturated rings. The first-order valence-electron chi connectivity index (χ1n) is 11.4. The third-order valence-corrected chi connectivity index (χ3v) is 5.17. The number of hydrogen-bond donors (Lipinski definition) is 2. The van der Waals surface area contributed by atoms with Crippen LogP contribution in [0.25, 0.3) is 11.3 Å². The zero-order valence-electron chi connectivity index (χ0n) is 19.4. The largest absolute Gasteiger partial charge is 0.493 e. The van der Waals surface area contributed by atoms with Crippen LogP contribution in [0.1, 0.15) is 57.9 Å². The van der Waals surface area contributed by atoms with Crippen LogP contribution in [0.4, 0.5) is 10.6 Å². The van der Waals surface area contributed by atoms with E-state index in [1.54, 1.807) is 13.1 Å². The number of rotatable bonds is 13. The normalized spacial score (nSPS) is 10.6. The van der Waals surface area contributed by atoms with Crippen LogP contribution in [0.15, 0.2) is 36.4 Å². The molecule has 2 aromatic rings. The fourth-order valence-corrected chi connectivity index (χ4v) is 3.19. The minimum Gasteiger partial charge on any atom is -0.493 e. The van der Waals surface area contributed by atoms with Crippen molar-refractivity contribution >= 4 is 17.8 Å². The third kappa shape index (κ3) is 7.87. The summed E-state index contributed by atoms with van der Waals surface area (Å²) >= 11 is 0. The topological polar surface area (TPSA) is 91.8 Å². The number of nitrogens with zero attached hydrogens (tertiary/aromatic N) is 2. The van der Waals surface area contributed by atoms with E-state index >= 15 is 0 Å². The second-order valence-electron chi connectivity index (χ2n) is 7.80. The van der Waals surface area contributed by atoms with Gasteiger partial charge in [0, 0.05) is 25.6 Å². The second kappa shape index (κ2) is 13.3. The molecule has 2 N–H and O–H groups in total. The molecule has 1 heterocycles. The molecule has 0 unspecified atom stereocenters. The summed E-state index contributed by atoms with van der Waals surface area (Å²) in [5.74, 6) is 0.407. The molecule has 0 saturated carbocycles. The quantitative estimate of drug-likeness (QED) is 0.413. The smallest absolute Gasteiger partial charge is 0.322 e. The molecular weight excluding hydrogens is 406 g/mol. The molecule has 7 nitrogen and oxygen atoms in total. The van der Waals surface area contributed by atoms with Gasteiger partial charge in [0.25, 0.3) is 0 Å². The van der Waals surface area contributed by atoms with Gasteiger partial charge in [-0.3, -0.25) is 9.69 Å². The van der Waals surface area contributed by atoms with Crippen LogP contribution in [-0.4, -0.2) is 42.3 Å². The van der Waals surface area contributed by atoms with Crippen LogP contribution >= 0.6 is 0 Å². The molecule has 0 bridgehead atoms. The minimum absolute atomic E-state index is 0.0510. The summed E-state index contributed by atoms with van der Waals surface area (Å²) in [6.45, 7) is 5.45. The molecule has 0 spiro atoms. The number of carbonyl (C=O) groups excluding carboxylic acids is 1. The van der Waals surface area contributed by atoms with Crippen molar-refractivity contribution in [3.8, 4) is 17.0 Å². The van der Waals surface area contributed by atoms with Gasteiger partial charge in [-0.15, -0.1) is 0 Å². The van der Waals surface area contributed by atoms with Crippen LogP contribution in [0.5, 0.6) is 5.75 Å². The molecule has 2 rings (SSSR count). The van der Waals surface area contributed by atoms with E-state index in [2.05, 4.69) is 24.1 Å². The molecule has 174 valence electrons. The number of carboxylic acid groups (broad SMARTS) is 1. The zero-order chi connectivity index (χ0) is 23.3. The van der Waals surface area contributed by atoms with E-state index < -0.39 is 5.97 Å². The molecule has 0 aliphatic carbocycles. The molecule has 7 heteroatoms. The first-order chi connectivity index (χ1) is 15.5. The average Bonchev–Trinajstić information content (AvgIpc) is 2.80. The lowest BCUT2D eigenvalue weighted by atomic mass is 10.0. The lowest BCUT2D eigenvalue weighted by molar-refractivity contribution is -0.136. The standard InChI is InChI=1S/C25H35N3O4/c1-4-6-8-16-26-25(31)28(3)23-11-9-10-21(27-23)20-13-12-19(14-15-24(29)30)22(18-20)32-17-7-5-2/h9-13,18H,4-8,14-17H2,1-3H3,(H,26,31)(H,29,30). The van der Waals surface area contributed by atoms with Gasteiger partial charge in [0.1, 0.15) is 11.6 Å². The fraction of sp³-hybridized carbons (Fsp3) is 0.480. The summed E-state index contributed by atoms with van der Waals surface area (Å²) in [6, 6.07) is 11.1. The Labute approximate surface area is 190 Å². The van der Waals surface area contributed by atoms with E-state index in [1.165, 1.54) is 4.90 Å². The molecule has 2 amide bonds. The number of unbranched alkanes of at least 4 members (excludes halogenated alkanes) is 3. The maximum atomic E-state index is 12.4. The number of urea groups is 1. The fourth-order valence-electron chi connectivity index (χ4n) is 3.19. The molecule has 0 aliphatic rings. The third-order valence-electron chi connectivity index (χ3n) is 5.17. The van der Waals surface area contributed by atoms with Crippen molar-refractivity contribution in [2.45, 2.75) is 58.8 Å². The number of hydrogen-bond acceptors (Lipinski definition) is 4. The van der Waals surface area contributed by atoms with E-state index in [4.69, 9.17) is 9.84 Å². The van der Waals surface area contributed by atoms with Crippen LogP contribution in [0.3, 0.4) is 0 Å². The summed E-state index contributed by atoms with van der Waals surface area (Å²) < 4.78 is 5.96. The zero-order valence-corrected chi connectivity index (χ0v) is 19.4. The number of nitrogens with one attached hydrogen (secondary N) is 1. The number of carbonyl (C=O) groups is 2. The average molecular weight is 442 g/mol. The monoisotopic (exact) mass is 441 g/mol. The van der Waals surface area contributed by atoms with E-state index in [9.17, 15) is 9.59 Å². The molecule has 0 atom stereocenters. The predicted octanol–water partition coefficient (Wildman–Crippen LogP) is 5.28. The Hall–Kier alpha value is -3.09. The Morgan fingerprint density at radius 1 is 1.09 bits per heavy atom. The van der Waals surface area contributed by atoms with E-state index in [0.29, 0.717) is 31.1 Å². The number of ether oxygens (including phenoxy) is 1. The first-order valence-corrected chi connectivity index (χ1v) is 11.4. The van der Waals surface area contributed by atoms with Crippen LogP contribution in [0.2, 0.25) is 0 Å². The van der Waals surface area contributed by atoms with Crippen molar-refractivity contribution < 1.29 is 19.4 Å². The van der Waals surface area contributed by atoms with Crippen molar-refractivity contribution in [2.24, 2.45) is 0 Å². The number of anilines is 1. The van der Waals surface area contributed by atoms with Crippen LogP contribution in [0, 0.1) is 0 Å². The summed E-state index contributed by atoms with van der Waals surface area (Å²) in [7, 11) is 1.70. The Morgan fingerprint density at radius 2 is 1.88 bits per heavy atom. The van der Waals surface area contributed by atoms with E-state index in [1.807, 2.05) is 30.3 Å². The maximum absolute atomic E-state index is 12.4. The van der Waals surface area contributed by atoms with E-state index in [-0.39, 0.29) is 12.5 Å². The maximum Gasteiger partial charge on any atom is 0.322 e. The van der Waals surface area contributed by atoms with Gasteiger partial charge in [0.2, 0.25) is 0 Å². The number of aromatic nitrogens is 1. The second-order valence-corrected chi connectivity index (χ2v) is 7.80. The van der Waals surface area contributed by atoms with Crippen molar-refractivity contribution in [3.05, 3.63) is 42.0 Å². The number of benzene rings is 1. The molecule has 1 aromatic heterocycles.